The molecule has 1 amide bonds. The Morgan fingerprint density at radius 3 is 2.75 bits per heavy atom. The zero-order valence-corrected chi connectivity index (χ0v) is 13.4. The number of rotatable bonds is 3. The number of hydrogen-bond acceptors (Lipinski definition) is 4. The predicted molar refractivity (Wildman–Crippen MR) is 90.4 cm³/mol. The van der Waals surface area contributed by atoms with Crippen LogP contribution >= 0.6 is 0 Å². The Morgan fingerprint density at radius 2 is 1.96 bits per heavy atom. The van der Waals surface area contributed by atoms with Crippen molar-refractivity contribution in [1.82, 2.24) is 24.4 Å². The molecule has 6 nitrogen and oxygen atoms in total. The average molecular weight is 321 g/mol. The van der Waals surface area contributed by atoms with E-state index in [4.69, 9.17) is 0 Å². The first-order chi connectivity index (χ1) is 11.8. The maximum atomic E-state index is 12.9. The van der Waals surface area contributed by atoms with E-state index in [0.717, 1.165) is 38.0 Å². The summed E-state index contributed by atoms with van der Waals surface area (Å²) in [4.78, 5) is 27.5. The first-order valence-electron chi connectivity index (χ1n) is 8.26. The molecule has 1 fully saturated rings. The van der Waals surface area contributed by atoms with Crippen LogP contribution in [0.25, 0.3) is 11.0 Å². The van der Waals surface area contributed by atoms with Gasteiger partial charge in [-0.2, -0.15) is 0 Å². The number of nitrogens with zero attached hydrogens (tertiary/aromatic N) is 5. The van der Waals surface area contributed by atoms with E-state index in [2.05, 4.69) is 19.5 Å². The lowest BCUT2D eigenvalue weighted by Crippen LogP contribution is -2.39. The summed E-state index contributed by atoms with van der Waals surface area (Å²) in [6.45, 7) is 2.55. The Balaban J connectivity index is 1.46. The summed E-state index contributed by atoms with van der Waals surface area (Å²) in [5.74, 6) is 0.651. The smallest absolute Gasteiger partial charge is 0.256 e. The van der Waals surface area contributed by atoms with Gasteiger partial charge in [0.1, 0.15) is 5.52 Å². The molecule has 0 radical (unpaired) electrons. The molecule has 3 heterocycles. The van der Waals surface area contributed by atoms with Crippen LogP contribution in [0.1, 0.15) is 23.2 Å². The minimum atomic E-state index is 0.0576. The molecule has 0 aliphatic carbocycles. The highest BCUT2D eigenvalue weighted by Crippen LogP contribution is 2.22. The molecule has 24 heavy (non-hydrogen) atoms. The van der Waals surface area contributed by atoms with E-state index in [1.54, 1.807) is 18.6 Å². The van der Waals surface area contributed by atoms with Gasteiger partial charge in [0.2, 0.25) is 0 Å². The van der Waals surface area contributed by atoms with E-state index < -0.39 is 0 Å². The lowest BCUT2D eigenvalue weighted by molar-refractivity contribution is 0.0684. The molecule has 122 valence electrons. The van der Waals surface area contributed by atoms with Gasteiger partial charge in [0.25, 0.3) is 5.91 Å². The van der Waals surface area contributed by atoms with Gasteiger partial charge in [-0.25, -0.2) is 4.98 Å². The van der Waals surface area contributed by atoms with Gasteiger partial charge < -0.3 is 9.47 Å². The average Bonchev–Trinajstić information content (AvgIpc) is 3.14. The predicted octanol–water partition coefficient (Wildman–Crippen LogP) is 2.38. The Labute approximate surface area is 140 Å². The maximum Gasteiger partial charge on any atom is 0.256 e. The number of fused-ring (bicyclic) bond motifs is 1. The molecule has 1 aliphatic rings. The molecule has 0 unspecified atom stereocenters. The topological polar surface area (TPSA) is 63.9 Å². The molecule has 2 aromatic heterocycles. The molecule has 0 N–H and O–H groups in total. The number of amides is 1. The number of carbonyl (C=O) groups excluding carboxylic acids is 1. The molecule has 0 saturated carbocycles. The van der Waals surface area contributed by atoms with Crippen LogP contribution in [0.15, 0.2) is 49.3 Å². The van der Waals surface area contributed by atoms with E-state index in [1.165, 1.54) is 0 Å². The molecule has 4 rings (SSSR count). The molecular weight excluding hydrogens is 302 g/mol. The van der Waals surface area contributed by atoms with Crippen molar-refractivity contribution >= 4 is 16.9 Å². The number of likely N-dealkylation sites (tertiary alicyclic amines) is 1. The van der Waals surface area contributed by atoms with Crippen molar-refractivity contribution in [2.75, 3.05) is 13.1 Å². The zero-order chi connectivity index (χ0) is 16.4. The van der Waals surface area contributed by atoms with Crippen LogP contribution in [0.5, 0.6) is 0 Å². The highest BCUT2D eigenvalue weighted by Gasteiger charge is 2.25. The van der Waals surface area contributed by atoms with Crippen molar-refractivity contribution in [3.05, 3.63) is 54.9 Å². The fourth-order valence-corrected chi connectivity index (χ4v) is 3.35. The second kappa shape index (κ2) is 6.39. The van der Waals surface area contributed by atoms with Gasteiger partial charge in [0, 0.05) is 44.4 Å². The number of aromatic nitrogens is 4. The summed E-state index contributed by atoms with van der Waals surface area (Å²) in [6.07, 6.45) is 11.0. The van der Waals surface area contributed by atoms with E-state index in [0.29, 0.717) is 17.0 Å². The van der Waals surface area contributed by atoms with Gasteiger partial charge in [-0.1, -0.05) is 6.07 Å². The number of hydrogen-bond donors (Lipinski definition) is 0. The summed E-state index contributed by atoms with van der Waals surface area (Å²) >= 11 is 0. The number of carbonyl (C=O) groups is 1. The molecule has 1 aromatic carbocycles. The molecular formula is C18H19N5O. The molecule has 0 spiro atoms. The van der Waals surface area contributed by atoms with Crippen molar-refractivity contribution in [3.63, 3.8) is 0 Å². The maximum absolute atomic E-state index is 12.9. The van der Waals surface area contributed by atoms with Crippen LogP contribution in [0, 0.1) is 5.92 Å². The van der Waals surface area contributed by atoms with Crippen molar-refractivity contribution in [1.29, 1.82) is 0 Å². The van der Waals surface area contributed by atoms with Gasteiger partial charge in [-0.15, -0.1) is 0 Å². The van der Waals surface area contributed by atoms with Crippen LogP contribution in [0.2, 0.25) is 0 Å². The number of benzene rings is 1. The standard InChI is InChI=1S/C18H19N5O/c24-18(15-2-1-3-16-17(15)21-7-6-20-16)23-9-4-14(5-10-23)12-22-11-8-19-13-22/h1-3,6-8,11,13-14H,4-5,9-10,12H2. The summed E-state index contributed by atoms with van der Waals surface area (Å²) < 4.78 is 2.11. The van der Waals surface area contributed by atoms with Gasteiger partial charge in [-0.05, 0) is 30.9 Å². The summed E-state index contributed by atoms with van der Waals surface area (Å²) in [5, 5.41) is 0. The quantitative estimate of drug-likeness (QED) is 0.743. The minimum absolute atomic E-state index is 0.0576. The van der Waals surface area contributed by atoms with Crippen LogP contribution in [-0.4, -0.2) is 43.4 Å². The minimum Gasteiger partial charge on any atom is -0.339 e. The SMILES string of the molecule is O=C(c1cccc2nccnc12)N1CCC(Cn2ccnc2)CC1. The Bertz CT molecular complexity index is 832. The monoisotopic (exact) mass is 321 g/mol. The van der Waals surface area contributed by atoms with Crippen LogP contribution in [0.4, 0.5) is 0 Å². The van der Waals surface area contributed by atoms with Crippen molar-refractivity contribution < 1.29 is 4.79 Å². The third kappa shape index (κ3) is 2.87. The van der Waals surface area contributed by atoms with Gasteiger partial charge in [0.15, 0.2) is 0 Å². The van der Waals surface area contributed by atoms with Crippen LogP contribution < -0.4 is 0 Å². The van der Waals surface area contributed by atoms with E-state index in [-0.39, 0.29) is 5.91 Å². The highest BCUT2D eigenvalue weighted by atomic mass is 16.2. The second-order valence-electron chi connectivity index (χ2n) is 6.22. The molecule has 0 atom stereocenters. The van der Waals surface area contributed by atoms with Crippen molar-refractivity contribution in [2.45, 2.75) is 19.4 Å². The Kier molecular flexibility index (Phi) is 3.94. The van der Waals surface area contributed by atoms with E-state index >= 15 is 0 Å². The first-order valence-corrected chi connectivity index (χ1v) is 8.26. The fraction of sp³-hybridized carbons (Fsp3) is 0.333. The first kappa shape index (κ1) is 14.8. The molecule has 3 aromatic rings. The summed E-state index contributed by atoms with van der Waals surface area (Å²) in [6, 6.07) is 5.60. The van der Waals surface area contributed by atoms with Crippen LogP contribution in [0.3, 0.4) is 0 Å². The molecule has 1 aliphatic heterocycles. The van der Waals surface area contributed by atoms with Gasteiger partial charge in [-0.3, -0.25) is 14.8 Å². The molecule has 0 bridgehead atoms. The van der Waals surface area contributed by atoms with Crippen molar-refractivity contribution in [3.8, 4) is 0 Å². The Morgan fingerprint density at radius 1 is 1.12 bits per heavy atom. The fourth-order valence-electron chi connectivity index (χ4n) is 3.35. The summed E-state index contributed by atoms with van der Waals surface area (Å²) in [7, 11) is 0. The van der Waals surface area contributed by atoms with E-state index in [9.17, 15) is 4.79 Å². The van der Waals surface area contributed by atoms with Crippen LogP contribution in [-0.2, 0) is 6.54 Å². The molecule has 6 heteroatoms. The Hall–Kier alpha value is -2.76. The zero-order valence-electron chi connectivity index (χ0n) is 13.4. The van der Waals surface area contributed by atoms with Gasteiger partial charge >= 0.3 is 0 Å². The number of piperidine rings is 1. The lowest BCUT2D eigenvalue weighted by atomic mass is 9.96. The third-order valence-electron chi connectivity index (χ3n) is 4.66. The third-order valence-corrected chi connectivity index (χ3v) is 4.66. The summed E-state index contributed by atoms with van der Waals surface area (Å²) in [5.41, 5.74) is 2.09. The molecule has 1 saturated heterocycles. The lowest BCUT2D eigenvalue weighted by Gasteiger charge is -2.32. The van der Waals surface area contributed by atoms with Crippen molar-refractivity contribution in [2.24, 2.45) is 5.92 Å². The van der Waals surface area contributed by atoms with Gasteiger partial charge in [0.05, 0.1) is 17.4 Å². The number of imidazole rings is 1. The number of para-hydroxylation sites is 1. The van der Waals surface area contributed by atoms with E-state index in [1.807, 2.05) is 35.6 Å². The normalized spacial score (nSPS) is 15.8. The second-order valence-corrected chi connectivity index (χ2v) is 6.22. The largest absolute Gasteiger partial charge is 0.339 e. The highest BCUT2D eigenvalue weighted by molar-refractivity contribution is 6.04.